The molecule has 0 saturated carbocycles. The SMILES string of the molecule is Cc1ccc(-c2cc(-c3cc(Cl)ccc3[N+](=O)[O-])c(C#N)c(N)n2)cc1C. The molecule has 0 amide bonds. The van der Waals surface area contributed by atoms with Crippen molar-refractivity contribution in [2.45, 2.75) is 13.8 Å². The number of hydrogen-bond acceptors (Lipinski definition) is 5. The number of nitrogens with two attached hydrogens (primary N) is 1. The molecule has 0 aliphatic carbocycles. The van der Waals surface area contributed by atoms with E-state index in [4.69, 9.17) is 17.3 Å². The lowest BCUT2D eigenvalue weighted by atomic mass is 9.96. The summed E-state index contributed by atoms with van der Waals surface area (Å²) in [7, 11) is 0. The van der Waals surface area contributed by atoms with Crippen molar-refractivity contribution >= 4 is 23.1 Å². The van der Waals surface area contributed by atoms with E-state index in [1.165, 1.54) is 18.2 Å². The first-order chi connectivity index (χ1) is 12.8. The van der Waals surface area contributed by atoms with E-state index in [9.17, 15) is 15.4 Å². The number of pyridine rings is 1. The van der Waals surface area contributed by atoms with Gasteiger partial charge in [0.15, 0.2) is 0 Å². The van der Waals surface area contributed by atoms with Gasteiger partial charge < -0.3 is 5.73 Å². The second-order valence-corrected chi connectivity index (χ2v) is 6.58. The predicted octanol–water partition coefficient (Wildman–Crippen LogP) is 5.05. The molecule has 1 aromatic heterocycles. The van der Waals surface area contributed by atoms with Crippen molar-refractivity contribution in [2.24, 2.45) is 0 Å². The smallest absolute Gasteiger partial charge is 0.277 e. The zero-order chi connectivity index (χ0) is 19.7. The topological polar surface area (TPSA) is 106 Å². The number of aryl methyl sites for hydroxylation is 2. The molecular formula is C20H15ClN4O2. The number of nitrogens with zero attached hydrogens (tertiary/aromatic N) is 3. The van der Waals surface area contributed by atoms with Crippen LogP contribution in [0.1, 0.15) is 16.7 Å². The fourth-order valence-electron chi connectivity index (χ4n) is 2.83. The molecule has 2 N–H and O–H groups in total. The van der Waals surface area contributed by atoms with Gasteiger partial charge >= 0.3 is 0 Å². The summed E-state index contributed by atoms with van der Waals surface area (Å²) in [5.41, 5.74) is 10.0. The minimum atomic E-state index is -0.515. The second kappa shape index (κ2) is 7.06. The average molecular weight is 379 g/mol. The zero-order valence-corrected chi connectivity index (χ0v) is 15.4. The Hall–Kier alpha value is -3.43. The summed E-state index contributed by atoms with van der Waals surface area (Å²) in [6, 6.07) is 13.6. The molecule has 0 atom stereocenters. The van der Waals surface area contributed by atoms with Crippen LogP contribution in [0.5, 0.6) is 0 Å². The van der Waals surface area contributed by atoms with Crippen LogP contribution in [-0.4, -0.2) is 9.91 Å². The van der Waals surface area contributed by atoms with Gasteiger partial charge in [0.25, 0.3) is 5.69 Å². The van der Waals surface area contributed by atoms with Gasteiger partial charge in [0.1, 0.15) is 17.5 Å². The van der Waals surface area contributed by atoms with Crippen LogP contribution in [0.4, 0.5) is 11.5 Å². The van der Waals surface area contributed by atoms with E-state index in [-0.39, 0.29) is 22.6 Å². The van der Waals surface area contributed by atoms with E-state index in [0.717, 1.165) is 16.7 Å². The molecule has 0 saturated heterocycles. The number of benzene rings is 2. The zero-order valence-electron chi connectivity index (χ0n) is 14.7. The Morgan fingerprint density at radius 2 is 1.85 bits per heavy atom. The Bertz CT molecular complexity index is 1120. The number of aromatic nitrogens is 1. The summed E-state index contributed by atoms with van der Waals surface area (Å²) in [4.78, 5) is 15.3. The van der Waals surface area contributed by atoms with Crippen LogP contribution in [0.15, 0.2) is 42.5 Å². The highest BCUT2D eigenvalue weighted by Gasteiger charge is 2.21. The molecule has 134 valence electrons. The minimum Gasteiger partial charge on any atom is -0.383 e. The van der Waals surface area contributed by atoms with Crippen LogP contribution < -0.4 is 5.73 Å². The molecule has 0 bridgehead atoms. The van der Waals surface area contributed by atoms with Crippen molar-refractivity contribution in [3.05, 3.63) is 74.3 Å². The van der Waals surface area contributed by atoms with Gasteiger partial charge in [-0.15, -0.1) is 0 Å². The van der Waals surface area contributed by atoms with E-state index in [2.05, 4.69) is 4.98 Å². The molecule has 0 spiro atoms. The highest BCUT2D eigenvalue weighted by atomic mass is 35.5. The highest BCUT2D eigenvalue weighted by Crippen LogP contribution is 2.37. The summed E-state index contributed by atoms with van der Waals surface area (Å²) in [6.45, 7) is 3.98. The largest absolute Gasteiger partial charge is 0.383 e. The molecule has 0 fully saturated rings. The third-order valence-electron chi connectivity index (χ3n) is 4.41. The van der Waals surface area contributed by atoms with E-state index in [0.29, 0.717) is 16.3 Å². The van der Waals surface area contributed by atoms with Crippen molar-refractivity contribution in [1.29, 1.82) is 5.26 Å². The Kier molecular flexibility index (Phi) is 4.80. The highest BCUT2D eigenvalue weighted by molar-refractivity contribution is 6.31. The normalized spacial score (nSPS) is 10.4. The number of nitro groups is 1. The molecule has 0 radical (unpaired) electrons. The third-order valence-corrected chi connectivity index (χ3v) is 4.64. The number of nitrogen functional groups attached to an aromatic ring is 1. The number of halogens is 1. The number of nitriles is 1. The van der Waals surface area contributed by atoms with Gasteiger partial charge in [-0.25, -0.2) is 4.98 Å². The van der Waals surface area contributed by atoms with Crippen molar-refractivity contribution < 1.29 is 4.92 Å². The van der Waals surface area contributed by atoms with Crippen LogP contribution in [0.2, 0.25) is 5.02 Å². The van der Waals surface area contributed by atoms with Gasteiger partial charge in [-0.3, -0.25) is 10.1 Å². The van der Waals surface area contributed by atoms with Gasteiger partial charge in [0.2, 0.25) is 0 Å². The molecule has 1 heterocycles. The number of hydrogen-bond donors (Lipinski definition) is 1. The fraction of sp³-hybridized carbons (Fsp3) is 0.100. The van der Waals surface area contributed by atoms with Crippen LogP contribution >= 0.6 is 11.6 Å². The maximum absolute atomic E-state index is 11.5. The van der Waals surface area contributed by atoms with Gasteiger partial charge in [-0.05, 0) is 49.2 Å². The quantitative estimate of drug-likeness (QED) is 0.507. The second-order valence-electron chi connectivity index (χ2n) is 6.14. The first-order valence-corrected chi connectivity index (χ1v) is 8.42. The summed E-state index contributed by atoms with van der Waals surface area (Å²) in [6.07, 6.45) is 0. The van der Waals surface area contributed by atoms with Gasteiger partial charge in [0.05, 0.1) is 16.2 Å². The molecule has 3 rings (SSSR count). The molecular weight excluding hydrogens is 364 g/mol. The molecule has 0 unspecified atom stereocenters. The summed E-state index contributed by atoms with van der Waals surface area (Å²) in [5.74, 6) is 0.0116. The fourth-order valence-corrected chi connectivity index (χ4v) is 3.00. The number of anilines is 1. The Morgan fingerprint density at radius 3 is 2.48 bits per heavy atom. The van der Waals surface area contributed by atoms with Crippen LogP contribution in [0.3, 0.4) is 0 Å². The van der Waals surface area contributed by atoms with Crippen molar-refractivity contribution in [2.75, 3.05) is 5.73 Å². The maximum Gasteiger partial charge on any atom is 0.277 e. The van der Waals surface area contributed by atoms with Gasteiger partial charge in [0, 0.05) is 22.2 Å². The first kappa shape index (κ1) is 18.4. The third kappa shape index (κ3) is 3.46. The molecule has 0 aliphatic rings. The van der Waals surface area contributed by atoms with E-state index >= 15 is 0 Å². The lowest BCUT2D eigenvalue weighted by Crippen LogP contribution is -2.01. The molecule has 27 heavy (non-hydrogen) atoms. The first-order valence-electron chi connectivity index (χ1n) is 8.04. The van der Waals surface area contributed by atoms with E-state index in [1.54, 1.807) is 6.07 Å². The average Bonchev–Trinajstić information content (AvgIpc) is 2.63. The Labute approximate surface area is 161 Å². The van der Waals surface area contributed by atoms with Gasteiger partial charge in [-0.2, -0.15) is 5.26 Å². The molecule has 0 aliphatic heterocycles. The lowest BCUT2D eigenvalue weighted by Gasteiger charge is -2.12. The summed E-state index contributed by atoms with van der Waals surface area (Å²) < 4.78 is 0. The molecule has 7 heteroatoms. The van der Waals surface area contributed by atoms with Crippen LogP contribution in [0, 0.1) is 35.3 Å². The monoisotopic (exact) mass is 378 g/mol. The molecule has 3 aromatic rings. The predicted molar refractivity (Wildman–Crippen MR) is 105 cm³/mol. The van der Waals surface area contributed by atoms with E-state index in [1.807, 2.05) is 38.1 Å². The molecule has 6 nitrogen and oxygen atoms in total. The lowest BCUT2D eigenvalue weighted by molar-refractivity contribution is -0.384. The van der Waals surface area contributed by atoms with Crippen molar-refractivity contribution in [3.63, 3.8) is 0 Å². The van der Waals surface area contributed by atoms with Crippen molar-refractivity contribution in [1.82, 2.24) is 4.98 Å². The van der Waals surface area contributed by atoms with Crippen LogP contribution in [-0.2, 0) is 0 Å². The standard InChI is InChI=1S/C20H15ClN4O2/c1-11-3-4-13(7-12(11)2)18-9-15(17(10-22)20(23)24-18)16-8-14(21)5-6-19(16)25(26)27/h3-9H,1-2H3,(H2,23,24). The van der Waals surface area contributed by atoms with Gasteiger partial charge in [-0.1, -0.05) is 23.7 Å². The Balaban J connectivity index is 2.32. The Morgan fingerprint density at radius 1 is 1.11 bits per heavy atom. The van der Waals surface area contributed by atoms with E-state index < -0.39 is 4.92 Å². The summed E-state index contributed by atoms with van der Waals surface area (Å²) in [5, 5.41) is 21.3. The molecule has 2 aromatic carbocycles. The summed E-state index contributed by atoms with van der Waals surface area (Å²) >= 11 is 6.05. The maximum atomic E-state index is 11.5. The number of rotatable bonds is 3. The van der Waals surface area contributed by atoms with Crippen molar-refractivity contribution in [3.8, 4) is 28.5 Å². The van der Waals surface area contributed by atoms with Crippen LogP contribution in [0.25, 0.3) is 22.4 Å². The minimum absolute atomic E-state index is 0.0116. The number of nitro benzene ring substituents is 1.